The molecule has 0 radical (unpaired) electrons. The van der Waals surface area contributed by atoms with Gasteiger partial charge in [0.2, 0.25) is 0 Å². The highest BCUT2D eigenvalue weighted by molar-refractivity contribution is 7.80. The van der Waals surface area contributed by atoms with Crippen molar-refractivity contribution in [1.82, 2.24) is 10.6 Å². The topological polar surface area (TPSA) is 68.8 Å². The Morgan fingerprint density at radius 3 is 2.46 bits per heavy atom. The Balaban J connectivity index is 2.47. The summed E-state index contributed by atoms with van der Waals surface area (Å²) in [7, 11) is 3.14. The first-order chi connectivity index (χ1) is 11.4. The summed E-state index contributed by atoms with van der Waals surface area (Å²) >= 11 is 5.23. The molecule has 0 unspecified atom stereocenters. The monoisotopic (exact) mass is 350 g/mol. The van der Waals surface area contributed by atoms with Crippen molar-refractivity contribution >= 4 is 23.3 Å². The van der Waals surface area contributed by atoms with E-state index in [1.54, 1.807) is 27.2 Å². The van der Waals surface area contributed by atoms with Gasteiger partial charge in [-0.2, -0.15) is 0 Å². The number of benzene rings is 1. The van der Waals surface area contributed by atoms with Gasteiger partial charge in [0, 0.05) is 5.70 Å². The predicted molar refractivity (Wildman–Crippen MR) is 95.1 cm³/mol. The Bertz CT molecular complexity index is 685. The average molecular weight is 350 g/mol. The van der Waals surface area contributed by atoms with Gasteiger partial charge in [-0.3, -0.25) is 0 Å². The maximum atomic E-state index is 12.5. The van der Waals surface area contributed by atoms with Crippen LogP contribution in [0.2, 0.25) is 0 Å². The molecule has 0 saturated carbocycles. The fourth-order valence-electron chi connectivity index (χ4n) is 2.52. The minimum atomic E-state index is -0.426. The zero-order valence-corrected chi connectivity index (χ0v) is 15.2. The number of ether oxygens (including phenoxy) is 3. The Morgan fingerprint density at radius 2 is 1.88 bits per heavy atom. The van der Waals surface area contributed by atoms with Crippen molar-refractivity contribution in [2.24, 2.45) is 0 Å². The van der Waals surface area contributed by atoms with E-state index in [1.807, 2.05) is 26.0 Å². The maximum absolute atomic E-state index is 12.5. The zero-order valence-electron chi connectivity index (χ0n) is 14.4. The first kappa shape index (κ1) is 18.1. The number of methoxy groups -OCH3 is 2. The van der Waals surface area contributed by atoms with Gasteiger partial charge in [-0.05, 0) is 50.7 Å². The summed E-state index contributed by atoms with van der Waals surface area (Å²) < 4.78 is 16.0. The molecule has 0 saturated heterocycles. The van der Waals surface area contributed by atoms with Crippen LogP contribution < -0.4 is 20.1 Å². The summed E-state index contributed by atoms with van der Waals surface area (Å²) in [5.74, 6) is 0.810. The third kappa shape index (κ3) is 3.79. The van der Waals surface area contributed by atoms with Crippen LogP contribution in [-0.2, 0) is 9.53 Å². The van der Waals surface area contributed by atoms with E-state index in [0.717, 1.165) is 5.56 Å². The van der Waals surface area contributed by atoms with Crippen molar-refractivity contribution in [2.45, 2.75) is 32.9 Å². The van der Waals surface area contributed by atoms with E-state index in [0.29, 0.717) is 27.9 Å². The second-order valence-corrected chi connectivity index (χ2v) is 6.05. The highest BCUT2D eigenvalue weighted by Gasteiger charge is 2.31. The minimum Gasteiger partial charge on any atom is -0.493 e. The third-order valence-corrected chi connectivity index (χ3v) is 3.79. The third-order valence-electron chi connectivity index (χ3n) is 3.57. The summed E-state index contributed by atoms with van der Waals surface area (Å²) in [6.07, 6.45) is -0.210. The Labute approximate surface area is 147 Å². The molecule has 0 spiro atoms. The number of hydrogen-bond acceptors (Lipinski definition) is 5. The number of nitrogens with one attached hydrogen (secondary N) is 2. The minimum absolute atomic E-state index is 0.210. The molecule has 1 aliphatic rings. The number of carbonyl (C=O) groups excluding carboxylic acids is 1. The number of carbonyl (C=O) groups is 1. The summed E-state index contributed by atoms with van der Waals surface area (Å²) in [4.78, 5) is 12.5. The second-order valence-electron chi connectivity index (χ2n) is 5.64. The molecule has 1 aromatic carbocycles. The number of allylic oxidation sites excluding steroid dienone is 1. The fourth-order valence-corrected chi connectivity index (χ4v) is 2.80. The molecule has 0 aromatic heterocycles. The molecule has 1 heterocycles. The molecule has 0 amide bonds. The molecule has 0 aliphatic carbocycles. The average Bonchev–Trinajstić information content (AvgIpc) is 2.52. The Kier molecular flexibility index (Phi) is 5.66. The standard InChI is InChI=1S/C17H22N2O4S/c1-9(2)23-16(20)14-10(3)18-17(24)19-15(14)11-6-7-12(21-4)13(8-11)22-5/h6-9,15H,1-5H3,(H2,18,19,24)/t15-/m0/s1. The van der Waals surface area contributed by atoms with Gasteiger partial charge < -0.3 is 24.8 Å². The van der Waals surface area contributed by atoms with Gasteiger partial charge >= 0.3 is 5.97 Å². The van der Waals surface area contributed by atoms with Gasteiger partial charge in [0.05, 0.1) is 31.9 Å². The van der Waals surface area contributed by atoms with Crippen LogP contribution in [0.5, 0.6) is 11.5 Å². The molecule has 0 fully saturated rings. The zero-order chi connectivity index (χ0) is 17.9. The molecule has 6 nitrogen and oxygen atoms in total. The summed E-state index contributed by atoms with van der Waals surface area (Å²) in [5.41, 5.74) is 1.99. The van der Waals surface area contributed by atoms with Crippen LogP contribution in [0.15, 0.2) is 29.5 Å². The van der Waals surface area contributed by atoms with Gasteiger partial charge in [0.15, 0.2) is 16.6 Å². The van der Waals surface area contributed by atoms with E-state index in [1.165, 1.54) is 0 Å². The lowest BCUT2D eigenvalue weighted by Crippen LogP contribution is -2.45. The molecule has 2 N–H and O–H groups in total. The predicted octanol–water partition coefficient (Wildman–Crippen LogP) is 2.45. The van der Waals surface area contributed by atoms with Crippen molar-refractivity contribution in [3.05, 3.63) is 35.0 Å². The molecular formula is C17H22N2O4S. The normalized spacial score (nSPS) is 17.2. The number of esters is 1. The molecule has 24 heavy (non-hydrogen) atoms. The molecule has 130 valence electrons. The van der Waals surface area contributed by atoms with Crippen LogP contribution in [0.4, 0.5) is 0 Å². The van der Waals surface area contributed by atoms with Crippen molar-refractivity contribution in [1.29, 1.82) is 0 Å². The second kappa shape index (κ2) is 7.53. The van der Waals surface area contributed by atoms with Gasteiger partial charge in [-0.1, -0.05) is 6.07 Å². The molecule has 7 heteroatoms. The van der Waals surface area contributed by atoms with Gasteiger partial charge in [-0.25, -0.2) is 4.79 Å². The van der Waals surface area contributed by atoms with Crippen molar-refractivity contribution in [2.75, 3.05) is 14.2 Å². The SMILES string of the molecule is COc1ccc([C@@H]2NC(=S)NC(C)=C2C(=O)OC(C)C)cc1OC. The molecular weight excluding hydrogens is 328 g/mol. The first-order valence-electron chi connectivity index (χ1n) is 7.58. The lowest BCUT2D eigenvalue weighted by atomic mass is 9.95. The molecule has 0 bridgehead atoms. The highest BCUT2D eigenvalue weighted by Crippen LogP contribution is 2.34. The lowest BCUT2D eigenvalue weighted by Gasteiger charge is -2.30. The van der Waals surface area contributed by atoms with Crippen LogP contribution in [0.25, 0.3) is 0 Å². The smallest absolute Gasteiger partial charge is 0.338 e. The maximum Gasteiger partial charge on any atom is 0.338 e. The van der Waals surface area contributed by atoms with Crippen LogP contribution in [-0.4, -0.2) is 31.4 Å². The van der Waals surface area contributed by atoms with Gasteiger partial charge in [-0.15, -0.1) is 0 Å². The van der Waals surface area contributed by atoms with Crippen LogP contribution in [0.3, 0.4) is 0 Å². The van der Waals surface area contributed by atoms with Gasteiger partial charge in [0.25, 0.3) is 0 Å². The highest BCUT2D eigenvalue weighted by atomic mass is 32.1. The number of thiocarbonyl (C=S) groups is 1. The van der Waals surface area contributed by atoms with Crippen molar-refractivity contribution in [3.8, 4) is 11.5 Å². The number of hydrogen-bond donors (Lipinski definition) is 2. The van der Waals surface area contributed by atoms with Crippen LogP contribution in [0, 0.1) is 0 Å². The van der Waals surface area contributed by atoms with E-state index in [2.05, 4.69) is 10.6 Å². The first-order valence-corrected chi connectivity index (χ1v) is 7.99. The van der Waals surface area contributed by atoms with E-state index in [9.17, 15) is 4.79 Å². The molecule has 2 rings (SSSR count). The number of rotatable bonds is 5. The molecule has 1 atom stereocenters. The summed E-state index contributed by atoms with van der Waals surface area (Å²) in [6, 6.07) is 5.05. The van der Waals surface area contributed by atoms with Crippen LogP contribution in [0.1, 0.15) is 32.4 Å². The van der Waals surface area contributed by atoms with E-state index in [4.69, 9.17) is 26.4 Å². The Hall–Kier alpha value is -2.28. The van der Waals surface area contributed by atoms with E-state index >= 15 is 0 Å². The van der Waals surface area contributed by atoms with Crippen molar-refractivity contribution < 1.29 is 19.0 Å². The Morgan fingerprint density at radius 1 is 1.21 bits per heavy atom. The van der Waals surface area contributed by atoms with Crippen molar-refractivity contribution in [3.63, 3.8) is 0 Å². The lowest BCUT2D eigenvalue weighted by molar-refractivity contribution is -0.143. The molecule has 1 aliphatic heterocycles. The quantitative estimate of drug-likeness (QED) is 0.624. The van der Waals surface area contributed by atoms with Crippen LogP contribution >= 0.6 is 12.2 Å². The largest absolute Gasteiger partial charge is 0.493 e. The van der Waals surface area contributed by atoms with E-state index in [-0.39, 0.29) is 12.1 Å². The summed E-state index contributed by atoms with van der Waals surface area (Å²) in [6.45, 7) is 5.43. The van der Waals surface area contributed by atoms with E-state index < -0.39 is 6.04 Å². The molecule has 1 aromatic rings. The fraction of sp³-hybridized carbons (Fsp3) is 0.412. The van der Waals surface area contributed by atoms with Gasteiger partial charge in [0.1, 0.15) is 0 Å². The summed E-state index contributed by atoms with van der Waals surface area (Å²) in [5, 5.41) is 6.55.